The van der Waals surface area contributed by atoms with E-state index in [-0.39, 0.29) is 23.1 Å². The van der Waals surface area contributed by atoms with Crippen LogP contribution >= 0.6 is 0 Å². The van der Waals surface area contributed by atoms with Crippen LogP contribution in [0.15, 0.2) is 11.8 Å². The van der Waals surface area contributed by atoms with Crippen molar-refractivity contribution in [3.05, 3.63) is 11.8 Å². The van der Waals surface area contributed by atoms with E-state index in [2.05, 4.69) is 73.4 Å². The molecular formula is C23H47NO4Si2. The topological polar surface area (TPSA) is 48.0 Å². The predicted molar refractivity (Wildman–Crippen MR) is 131 cm³/mol. The molecule has 0 spiro atoms. The number of carbonyl (C=O) groups excluding carboxylic acids is 1. The Morgan fingerprint density at radius 1 is 1.10 bits per heavy atom. The largest absolute Gasteiger partial charge is 0.546 e. The third-order valence-electron chi connectivity index (χ3n) is 5.81. The summed E-state index contributed by atoms with van der Waals surface area (Å²) in [5.74, 6) is 1.40. The van der Waals surface area contributed by atoms with Gasteiger partial charge in [0.2, 0.25) is 8.32 Å². The fraction of sp³-hybridized carbons (Fsp3) is 0.870. The lowest BCUT2D eigenvalue weighted by Crippen LogP contribution is -2.55. The summed E-state index contributed by atoms with van der Waals surface area (Å²) in [5.41, 5.74) is -0.545. The lowest BCUT2D eigenvalue weighted by molar-refractivity contribution is -0.00268. The number of hydrogen-bond donors (Lipinski definition) is 0. The first-order valence-corrected chi connectivity index (χ1v) is 17.6. The molecule has 0 radical (unpaired) electrons. The summed E-state index contributed by atoms with van der Waals surface area (Å²) < 4.78 is 18.7. The third kappa shape index (κ3) is 8.04. The molecule has 1 amide bonds. The Morgan fingerprint density at radius 2 is 1.63 bits per heavy atom. The molecule has 2 atom stereocenters. The SMILES string of the molecule is CC(C)C1C=C(O[Si](C)(C)C)CN(C(=O)OC(C)(C)C)C1CO[Si](C)(C)C(C)(C)C. The molecule has 1 rings (SSSR count). The highest BCUT2D eigenvalue weighted by Gasteiger charge is 2.43. The highest BCUT2D eigenvalue weighted by molar-refractivity contribution is 6.74. The average molecular weight is 458 g/mol. The molecule has 0 aromatic heterocycles. The monoisotopic (exact) mass is 457 g/mol. The number of rotatable bonds is 6. The molecule has 5 nitrogen and oxygen atoms in total. The van der Waals surface area contributed by atoms with E-state index >= 15 is 0 Å². The quantitative estimate of drug-likeness (QED) is 0.420. The standard InChI is InChI=1S/C23H47NO4Si2/c1-17(2)19-14-18(28-29(9,10)11)15-24(21(25)27-22(3,4)5)20(19)16-26-30(12,13)23(6,7)8/h14,17,19-20H,15-16H2,1-13H3. The molecule has 1 aliphatic heterocycles. The third-order valence-corrected chi connectivity index (χ3v) is 11.2. The minimum atomic E-state index is -1.94. The number of ether oxygens (including phenoxy) is 1. The fourth-order valence-electron chi connectivity index (χ4n) is 3.20. The highest BCUT2D eigenvalue weighted by atomic mass is 28.4. The molecule has 176 valence electrons. The molecule has 0 aromatic rings. The van der Waals surface area contributed by atoms with E-state index in [1.54, 1.807) is 0 Å². The fourth-order valence-corrected chi connectivity index (χ4v) is 5.14. The number of amides is 1. The van der Waals surface area contributed by atoms with E-state index in [1.165, 1.54) is 0 Å². The Hall–Kier alpha value is -0.796. The van der Waals surface area contributed by atoms with Gasteiger partial charge in [-0.3, -0.25) is 4.90 Å². The van der Waals surface area contributed by atoms with E-state index < -0.39 is 22.2 Å². The highest BCUT2D eigenvalue weighted by Crippen LogP contribution is 2.38. The Morgan fingerprint density at radius 3 is 2.03 bits per heavy atom. The second-order valence-electron chi connectivity index (χ2n) is 12.4. The van der Waals surface area contributed by atoms with Crippen LogP contribution in [0.2, 0.25) is 37.8 Å². The van der Waals surface area contributed by atoms with Gasteiger partial charge in [0.25, 0.3) is 0 Å². The van der Waals surface area contributed by atoms with Gasteiger partial charge in [-0.2, -0.15) is 0 Å². The summed E-state index contributed by atoms with van der Waals surface area (Å²) in [6.07, 6.45) is 1.95. The molecule has 2 unspecified atom stereocenters. The van der Waals surface area contributed by atoms with E-state index in [0.29, 0.717) is 19.1 Å². The second kappa shape index (κ2) is 9.37. The summed E-state index contributed by atoms with van der Waals surface area (Å²) in [7, 11) is -3.73. The van der Waals surface area contributed by atoms with Gasteiger partial charge in [0.1, 0.15) is 5.60 Å². The van der Waals surface area contributed by atoms with Crippen LogP contribution in [0.3, 0.4) is 0 Å². The van der Waals surface area contributed by atoms with Crippen LogP contribution in [-0.4, -0.2) is 52.4 Å². The van der Waals surface area contributed by atoms with Gasteiger partial charge in [0, 0.05) is 5.92 Å². The molecule has 1 aliphatic rings. The maximum Gasteiger partial charge on any atom is 0.411 e. The average Bonchev–Trinajstić information content (AvgIpc) is 2.48. The number of nitrogens with zero attached hydrogens (tertiary/aromatic N) is 1. The molecule has 7 heteroatoms. The van der Waals surface area contributed by atoms with Crippen molar-refractivity contribution in [2.75, 3.05) is 13.2 Å². The normalized spacial score (nSPS) is 21.5. The molecule has 0 saturated heterocycles. The van der Waals surface area contributed by atoms with Crippen molar-refractivity contribution >= 4 is 22.7 Å². The van der Waals surface area contributed by atoms with Crippen molar-refractivity contribution in [1.82, 2.24) is 4.90 Å². The van der Waals surface area contributed by atoms with Crippen LogP contribution in [-0.2, 0) is 13.6 Å². The van der Waals surface area contributed by atoms with Crippen LogP contribution in [0, 0.1) is 11.8 Å². The van der Waals surface area contributed by atoms with Crippen molar-refractivity contribution in [2.24, 2.45) is 11.8 Å². The van der Waals surface area contributed by atoms with Crippen LogP contribution in [0.5, 0.6) is 0 Å². The molecule has 1 heterocycles. The number of carbonyl (C=O) groups is 1. The van der Waals surface area contributed by atoms with Gasteiger partial charge < -0.3 is 13.6 Å². The summed E-state index contributed by atoms with van der Waals surface area (Å²) in [6.45, 7) is 28.8. The summed E-state index contributed by atoms with van der Waals surface area (Å²) in [5, 5.41) is 0.119. The zero-order valence-corrected chi connectivity index (χ0v) is 23.8. The van der Waals surface area contributed by atoms with Gasteiger partial charge >= 0.3 is 6.09 Å². The van der Waals surface area contributed by atoms with E-state index in [9.17, 15) is 4.79 Å². The Kier molecular flexibility index (Phi) is 8.50. The first-order chi connectivity index (χ1) is 13.2. The van der Waals surface area contributed by atoms with Crippen LogP contribution in [0.1, 0.15) is 55.4 Å². The molecule has 0 aromatic carbocycles. The van der Waals surface area contributed by atoms with Gasteiger partial charge in [-0.05, 0) is 70.5 Å². The van der Waals surface area contributed by atoms with Crippen LogP contribution in [0.25, 0.3) is 0 Å². The second-order valence-corrected chi connectivity index (χ2v) is 21.7. The van der Waals surface area contributed by atoms with Gasteiger partial charge in [0.15, 0.2) is 8.32 Å². The number of hydrogen-bond acceptors (Lipinski definition) is 4. The first-order valence-electron chi connectivity index (χ1n) is 11.3. The van der Waals surface area contributed by atoms with Crippen molar-refractivity contribution in [3.8, 4) is 0 Å². The lowest BCUT2D eigenvalue weighted by atomic mass is 9.85. The maximum absolute atomic E-state index is 13.2. The van der Waals surface area contributed by atoms with Crippen molar-refractivity contribution in [2.45, 2.75) is 105 Å². The van der Waals surface area contributed by atoms with Gasteiger partial charge in [0.05, 0.1) is 25.0 Å². The molecule has 0 saturated carbocycles. The zero-order chi connectivity index (χ0) is 23.7. The summed E-state index contributed by atoms with van der Waals surface area (Å²) in [4.78, 5) is 15.1. The maximum atomic E-state index is 13.2. The van der Waals surface area contributed by atoms with Crippen molar-refractivity contribution in [3.63, 3.8) is 0 Å². The molecule has 0 N–H and O–H groups in total. The van der Waals surface area contributed by atoms with E-state index in [1.807, 2.05) is 25.7 Å². The van der Waals surface area contributed by atoms with Gasteiger partial charge in [-0.25, -0.2) is 4.79 Å². The first kappa shape index (κ1) is 27.2. The molecular weight excluding hydrogens is 410 g/mol. The predicted octanol–water partition coefficient (Wildman–Crippen LogP) is 6.64. The summed E-state index contributed by atoms with van der Waals surface area (Å²) in [6, 6.07) is -0.0667. The van der Waals surface area contributed by atoms with Crippen LogP contribution in [0.4, 0.5) is 4.79 Å². The Balaban J connectivity index is 3.28. The smallest absolute Gasteiger partial charge is 0.411 e. The van der Waals surface area contributed by atoms with Gasteiger partial charge in [-0.15, -0.1) is 0 Å². The van der Waals surface area contributed by atoms with Crippen molar-refractivity contribution in [1.29, 1.82) is 0 Å². The van der Waals surface area contributed by atoms with Gasteiger partial charge in [-0.1, -0.05) is 34.6 Å². The summed E-state index contributed by atoms with van der Waals surface area (Å²) >= 11 is 0. The Bertz CT molecular complexity index is 625. The molecule has 0 aliphatic carbocycles. The molecule has 0 fully saturated rings. The lowest BCUT2D eigenvalue weighted by Gasteiger charge is -2.45. The van der Waals surface area contributed by atoms with Crippen molar-refractivity contribution < 1.29 is 18.4 Å². The zero-order valence-electron chi connectivity index (χ0n) is 21.8. The minimum Gasteiger partial charge on any atom is -0.546 e. The molecule has 0 bridgehead atoms. The van der Waals surface area contributed by atoms with E-state index in [4.69, 9.17) is 13.6 Å². The Labute approximate surface area is 187 Å². The van der Waals surface area contributed by atoms with Crippen LogP contribution < -0.4 is 0 Å². The molecule has 30 heavy (non-hydrogen) atoms. The van der Waals surface area contributed by atoms with E-state index in [0.717, 1.165) is 5.76 Å². The minimum absolute atomic E-state index is 0.0667.